The molecule has 2 N–H and O–H groups in total. The predicted octanol–water partition coefficient (Wildman–Crippen LogP) is 4.92. The molecule has 0 aliphatic heterocycles. The predicted molar refractivity (Wildman–Crippen MR) is 92.7 cm³/mol. The van der Waals surface area contributed by atoms with Crippen LogP contribution in [0.3, 0.4) is 0 Å². The van der Waals surface area contributed by atoms with Crippen molar-refractivity contribution in [2.24, 2.45) is 23.7 Å². The second-order valence-electron chi connectivity index (χ2n) is 8.27. The Morgan fingerprint density at radius 3 is 1.41 bits per heavy atom. The Hall–Kier alpha value is -0.0800. The summed E-state index contributed by atoms with van der Waals surface area (Å²) in [5.74, 6) is 2.43. The Morgan fingerprint density at radius 1 is 0.682 bits per heavy atom. The molecule has 130 valence electrons. The smallest absolute Gasteiger partial charge is 0.0570 e. The van der Waals surface area contributed by atoms with Crippen LogP contribution in [0.2, 0.25) is 0 Å². The largest absolute Gasteiger partial charge is 0.393 e. The highest BCUT2D eigenvalue weighted by Crippen LogP contribution is 2.35. The molecule has 0 bridgehead atoms. The highest BCUT2D eigenvalue weighted by atomic mass is 16.3. The van der Waals surface area contributed by atoms with Gasteiger partial charge in [-0.1, -0.05) is 65.2 Å². The maximum absolute atomic E-state index is 10.4. The molecule has 2 aliphatic carbocycles. The maximum atomic E-state index is 10.4. The Balaban J connectivity index is 1.61. The molecule has 0 aromatic rings. The van der Waals surface area contributed by atoms with Gasteiger partial charge in [-0.15, -0.1) is 0 Å². The van der Waals surface area contributed by atoms with Crippen LogP contribution in [-0.4, -0.2) is 22.4 Å². The zero-order chi connectivity index (χ0) is 15.9. The molecule has 0 radical (unpaired) electrons. The van der Waals surface area contributed by atoms with E-state index in [9.17, 15) is 10.2 Å². The lowest BCUT2D eigenvalue weighted by atomic mass is 9.75. The van der Waals surface area contributed by atoms with Gasteiger partial charge in [-0.3, -0.25) is 0 Å². The van der Waals surface area contributed by atoms with Gasteiger partial charge < -0.3 is 10.2 Å². The van der Waals surface area contributed by atoms with Gasteiger partial charge in [-0.05, 0) is 49.4 Å². The summed E-state index contributed by atoms with van der Waals surface area (Å²) >= 11 is 0. The van der Waals surface area contributed by atoms with Crippen LogP contribution in [0.5, 0.6) is 0 Å². The maximum Gasteiger partial charge on any atom is 0.0570 e. The molecule has 0 aromatic carbocycles. The molecule has 0 heterocycles. The third-order valence-electron chi connectivity index (χ3n) is 6.59. The van der Waals surface area contributed by atoms with E-state index in [1.807, 2.05) is 0 Å². The van der Waals surface area contributed by atoms with Crippen molar-refractivity contribution in [3.63, 3.8) is 0 Å². The van der Waals surface area contributed by atoms with E-state index in [1.54, 1.807) is 0 Å². The first-order valence-corrected chi connectivity index (χ1v) is 9.95. The van der Waals surface area contributed by atoms with Gasteiger partial charge in [-0.2, -0.15) is 0 Å². The van der Waals surface area contributed by atoms with Gasteiger partial charge >= 0.3 is 0 Å². The van der Waals surface area contributed by atoms with Crippen LogP contribution in [0.25, 0.3) is 0 Å². The lowest BCUT2D eigenvalue weighted by Gasteiger charge is -2.33. The molecule has 2 rings (SSSR count). The van der Waals surface area contributed by atoms with Crippen LogP contribution in [0.15, 0.2) is 0 Å². The molecular weight excluding hydrogens is 272 g/mol. The van der Waals surface area contributed by atoms with Gasteiger partial charge in [0.05, 0.1) is 12.2 Å². The topological polar surface area (TPSA) is 40.5 Å². The van der Waals surface area contributed by atoms with Crippen molar-refractivity contribution in [3.8, 4) is 0 Å². The van der Waals surface area contributed by atoms with Gasteiger partial charge in [0.25, 0.3) is 0 Å². The lowest BCUT2D eigenvalue weighted by Crippen LogP contribution is -2.30. The van der Waals surface area contributed by atoms with Gasteiger partial charge in [0.2, 0.25) is 0 Å². The molecule has 0 amide bonds. The van der Waals surface area contributed by atoms with Crippen molar-refractivity contribution in [3.05, 3.63) is 0 Å². The normalized spacial score (nSPS) is 36.0. The van der Waals surface area contributed by atoms with E-state index in [0.717, 1.165) is 25.7 Å². The van der Waals surface area contributed by atoms with Gasteiger partial charge in [0.15, 0.2) is 0 Å². The average molecular weight is 311 g/mol. The fourth-order valence-corrected chi connectivity index (χ4v) is 4.97. The zero-order valence-electron chi connectivity index (χ0n) is 14.8. The average Bonchev–Trinajstić information content (AvgIpc) is 2.52. The monoisotopic (exact) mass is 310 g/mol. The third kappa shape index (κ3) is 5.23. The molecule has 2 saturated carbocycles. The minimum Gasteiger partial charge on any atom is -0.393 e. The van der Waals surface area contributed by atoms with Crippen molar-refractivity contribution >= 4 is 0 Å². The molecule has 0 saturated heterocycles. The van der Waals surface area contributed by atoms with E-state index in [-0.39, 0.29) is 12.2 Å². The molecule has 0 aromatic heterocycles. The Morgan fingerprint density at radius 2 is 1.05 bits per heavy atom. The first-order chi connectivity index (χ1) is 10.6. The summed E-state index contributed by atoms with van der Waals surface area (Å²) in [6.07, 6.45) is 14.1. The van der Waals surface area contributed by atoms with Crippen LogP contribution < -0.4 is 0 Å². The minimum atomic E-state index is -0.110. The van der Waals surface area contributed by atoms with Crippen molar-refractivity contribution < 1.29 is 10.2 Å². The van der Waals surface area contributed by atoms with Crippen molar-refractivity contribution in [2.45, 2.75) is 103 Å². The molecule has 2 nitrogen and oxygen atoms in total. The van der Waals surface area contributed by atoms with Crippen molar-refractivity contribution in [1.82, 2.24) is 0 Å². The molecule has 2 aliphatic rings. The number of aliphatic hydroxyl groups is 2. The fraction of sp³-hybridized carbons (Fsp3) is 1.00. The van der Waals surface area contributed by atoms with E-state index < -0.39 is 0 Å². The summed E-state index contributed by atoms with van der Waals surface area (Å²) in [6, 6.07) is 0. The second-order valence-corrected chi connectivity index (χ2v) is 8.27. The molecule has 2 heteroatoms. The molecule has 6 atom stereocenters. The quantitative estimate of drug-likeness (QED) is 0.655. The van der Waals surface area contributed by atoms with Crippen LogP contribution >= 0.6 is 0 Å². The Bertz CT molecular complexity index is 274. The number of hydrogen-bond donors (Lipinski definition) is 2. The van der Waals surface area contributed by atoms with E-state index in [0.29, 0.717) is 23.7 Å². The summed E-state index contributed by atoms with van der Waals surface area (Å²) in [5, 5.41) is 20.9. The zero-order valence-corrected chi connectivity index (χ0v) is 14.8. The number of rotatable bonds is 7. The number of unbranched alkanes of at least 4 members (excludes halogenated alkanes) is 1. The summed E-state index contributed by atoms with van der Waals surface area (Å²) in [5.41, 5.74) is 0. The minimum absolute atomic E-state index is 0.110. The van der Waals surface area contributed by atoms with Crippen LogP contribution in [0.4, 0.5) is 0 Å². The van der Waals surface area contributed by atoms with Gasteiger partial charge in [-0.25, -0.2) is 0 Å². The SMILES string of the molecule is CC1CCCCC1C(O)CCCCC(O)C1CCCCC1C. The van der Waals surface area contributed by atoms with Gasteiger partial charge in [0.1, 0.15) is 0 Å². The first-order valence-electron chi connectivity index (χ1n) is 9.95. The van der Waals surface area contributed by atoms with E-state index in [4.69, 9.17) is 0 Å². The van der Waals surface area contributed by atoms with E-state index in [2.05, 4.69) is 13.8 Å². The van der Waals surface area contributed by atoms with Crippen LogP contribution in [0, 0.1) is 23.7 Å². The molecule has 22 heavy (non-hydrogen) atoms. The van der Waals surface area contributed by atoms with E-state index >= 15 is 0 Å². The van der Waals surface area contributed by atoms with Crippen LogP contribution in [0.1, 0.15) is 90.9 Å². The standard InChI is InChI=1S/C20H38O2/c1-15-9-3-5-11-17(15)19(21)13-7-8-14-20(22)18-12-6-4-10-16(18)2/h15-22H,3-14H2,1-2H3. The first kappa shape index (κ1) is 18.3. The van der Waals surface area contributed by atoms with Gasteiger partial charge in [0, 0.05) is 0 Å². The highest BCUT2D eigenvalue weighted by molar-refractivity contribution is 4.80. The second kappa shape index (κ2) is 9.27. The summed E-state index contributed by atoms with van der Waals surface area (Å²) in [6.45, 7) is 4.61. The Kier molecular flexibility index (Phi) is 7.70. The number of hydrogen-bond acceptors (Lipinski definition) is 2. The summed E-state index contributed by atoms with van der Waals surface area (Å²) in [4.78, 5) is 0. The fourth-order valence-electron chi connectivity index (χ4n) is 4.97. The molecular formula is C20H38O2. The summed E-state index contributed by atoms with van der Waals surface area (Å²) < 4.78 is 0. The van der Waals surface area contributed by atoms with E-state index in [1.165, 1.54) is 51.4 Å². The third-order valence-corrected chi connectivity index (χ3v) is 6.59. The summed E-state index contributed by atoms with van der Waals surface area (Å²) in [7, 11) is 0. The van der Waals surface area contributed by atoms with Crippen molar-refractivity contribution in [1.29, 1.82) is 0 Å². The molecule has 6 unspecified atom stereocenters. The lowest BCUT2D eigenvalue weighted by molar-refractivity contribution is 0.0349. The molecule has 0 spiro atoms. The molecule has 2 fully saturated rings. The highest BCUT2D eigenvalue weighted by Gasteiger charge is 2.29. The van der Waals surface area contributed by atoms with Crippen molar-refractivity contribution in [2.75, 3.05) is 0 Å². The Labute approximate surface area is 137 Å². The van der Waals surface area contributed by atoms with Crippen LogP contribution in [-0.2, 0) is 0 Å². The number of aliphatic hydroxyl groups excluding tert-OH is 2.